The Morgan fingerprint density at radius 1 is 1.33 bits per heavy atom. The number of alkyl carbamates (subject to hydrolysis) is 1. The van der Waals surface area contributed by atoms with Gasteiger partial charge in [0.05, 0.1) is 5.60 Å². The van der Waals surface area contributed by atoms with Crippen molar-refractivity contribution < 1.29 is 14.6 Å². The molecule has 1 aliphatic carbocycles. The van der Waals surface area contributed by atoms with Gasteiger partial charge in [0, 0.05) is 25.2 Å². The molecular weight excluding hydrogens is 304 g/mol. The second-order valence-electron chi connectivity index (χ2n) is 8.06. The zero-order valence-electron chi connectivity index (χ0n) is 15.3. The van der Waals surface area contributed by atoms with Crippen molar-refractivity contribution in [2.45, 2.75) is 76.2 Å². The lowest BCUT2D eigenvalue weighted by Gasteiger charge is -2.38. The van der Waals surface area contributed by atoms with Gasteiger partial charge < -0.3 is 15.2 Å². The minimum Gasteiger partial charge on any atom is -0.444 e. The standard InChI is InChI=1S/C19H32N2O3/c1-5-6-10-19(23)11-7-16(8-12-19)21-13-9-15(14-21)20-17(22)24-18(2,3)4/h5-6,10,15-16,23H,1,7-9,11-14H2,2-4H3,(H,20,22)/b10-6+/t15-,16?,19?/m1/s1. The first-order valence-corrected chi connectivity index (χ1v) is 8.97. The van der Waals surface area contributed by atoms with Gasteiger partial charge >= 0.3 is 6.09 Å². The summed E-state index contributed by atoms with van der Waals surface area (Å²) in [6, 6.07) is 0.647. The highest BCUT2D eigenvalue weighted by Gasteiger charge is 2.36. The summed E-state index contributed by atoms with van der Waals surface area (Å²) in [6.07, 6.45) is 9.55. The molecule has 0 radical (unpaired) electrons. The summed E-state index contributed by atoms with van der Waals surface area (Å²) < 4.78 is 5.33. The van der Waals surface area contributed by atoms with Crippen molar-refractivity contribution >= 4 is 6.09 Å². The lowest BCUT2D eigenvalue weighted by atomic mass is 9.81. The van der Waals surface area contributed by atoms with E-state index in [2.05, 4.69) is 16.8 Å². The van der Waals surface area contributed by atoms with Crippen LogP contribution in [0.1, 0.15) is 52.9 Å². The van der Waals surface area contributed by atoms with E-state index in [-0.39, 0.29) is 12.1 Å². The molecule has 1 atom stereocenters. The number of hydrogen-bond acceptors (Lipinski definition) is 4. The number of allylic oxidation sites excluding steroid dienone is 2. The monoisotopic (exact) mass is 336 g/mol. The summed E-state index contributed by atoms with van der Waals surface area (Å²) in [4.78, 5) is 14.3. The molecular formula is C19H32N2O3. The Labute approximate surface area is 145 Å². The van der Waals surface area contributed by atoms with E-state index in [0.29, 0.717) is 6.04 Å². The molecule has 2 N–H and O–H groups in total. The lowest BCUT2D eigenvalue weighted by Crippen LogP contribution is -2.44. The van der Waals surface area contributed by atoms with Crippen molar-refractivity contribution in [3.63, 3.8) is 0 Å². The fourth-order valence-corrected chi connectivity index (χ4v) is 3.59. The SMILES string of the molecule is C=C/C=C/C1(O)CCC(N2CC[C@@H](NC(=O)OC(C)(C)C)C2)CC1. The van der Waals surface area contributed by atoms with Crippen LogP contribution >= 0.6 is 0 Å². The van der Waals surface area contributed by atoms with Gasteiger partial charge in [-0.2, -0.15) is 0 Å². The van der Waals surface area contributed by atoms with Crippen molar-refractivity contribution in [1.82, 2.24) is 10.2 Å². The Hall–Kier alpha value is -1.33. The van der Waals surface area contributed by atoms with Crippen LogP contribution < -0.4 is 5.32 Å². The predicted molar refractivity (Wildman–Crippen MR) is 95.9 cm³/mol. The van der Waals surface area contributed by atoms with Gasteiger partial charge in [-0.05, 0) is 52.9 Å². The maximum atomic E-state index is 11.9. The van der Waals surface area contributed by atoms with Gasteiger partial charge in [-0.1, -0.05) is 24.8 Å². The highest BCUT2D eigenvalue weighted by molar-refractivity contribution is 5.68. The average molecular weight is 336 g/mol. The summed E-state index contributed by atoms with van der Waals surface area (Å²) in [5.74, 6) is 0. The van der Waals surface area contributed by atoms with Crippen molar-refractivity contribution in [1.29, 1.82) is 0 Å². The molecule has 1 amide bonds. The summed E-state index contributed by atoms with van der Waals surface area (Å²) in [7, 11) is 0. The highest BCUT2D eigenvalue weighted by atomic mass is 16.6. The van der Waals surface area contributed by atoms with E-state index in [0.717, 1.165) is 45.2 Å². The fourth-order valence-electron chi connectivity index (χ4n) is 3.59. The Kier molecular flexibility index (Phi) is 6.10. The van der Waals surface area contributed by atoms with E-state index >= 15 is 0 Å². The summed E-state index contributed by atoms with van der Waals surface area (Å²) in [6.45, 7) is 11.1. The Balaban J connectivity index is 1.77. The number of rotatable bonds is 4. The molecule has 0 bridgehead atoms. The van der Waals surface area contributed by atoms with Crippen LogP contribution in [-0.4, -0.2) is 52.5 Å². The van der Waals surface area contributed by atoms with E-state index in [4.69, 9.17) is 4.74 Å². The number of ether oxygens (including phenoxy) is 1. The number of carbonyl (C=O) groups excluding carboxylic acids is 1. The third-order valence-corrected chi connectivity index (χ3v) is 4.82. The predicted octanol–water partition coefficient (Wildman–Crippen LogP) is 3.00. The lowest BCUT2D eigenvalue weighted by molar-refractivity contribution is 0.0220. The molecule has 0 aromatic heterocycles. The van der Waals surface area contributed by atoms with Crippen LogP contribution in [0.4, 0.5) is 4.79 Å². The van der Waals surface area contributed by atoms with E-state index in [9.17, 15) is 9.90 Å². The molecule has 1 saturated carbocycles. The van der Waals surface area contributed by atoms with Gasteiger partial charge in [0.25, 0.3) is 0 Å². The van der Waals surface area contributed by atoms with Gasteiger partial charge in [-0.3, -0.25) is 4.90 Å². The Bertz CT molecular complexity index is 473. The minimum atomic E-state index is -0.682. The van der Waals surface area contributed by atoms with E-state index in [1.54, 1.807) is 6.08 Å². The zero-order valence-corrected chi connectivity index (χ0v) is 15.3. The van der Waals surface area contributed by atoms with Crippen LogP contribution in [0.2, 0.25) is 0 Å². The molecule has 1 saturated heterocycles. The van der Waals surface area contributed by atoms with Crippen LogP contribution in [0.5, 0.6) is 0 Å². The first kappa shape index (κ1) is 19.0. The number of hydrogen-bond donors (Lipinski definition) is 2. The number of nitrogens with zero attached hydrogens (tertiary/aromatic N) is 1. The molecule has 1 aliphatic heterocycles. The molecule has 2 aliphatic rings. The Morgan fingerprint density at radius 2 is 2.00 bits per heavy atom. The van der Waals surface area contributed by atoms with Gasteiger partial charge in [0.2, 0.25) is 0 Å². The first-order valence-electron chi connectivity index (χ1n) is 8.97. The quantitative estimate of drug-likeness (QED) is 0.775. The van der Waals surface area contributed by atoms with Gasteiger partial charge in [-0.25, -0.2) is 4.79 Å². The second kappa shape index (κ2) is 7.70. The number of aliphatic hydroxyl groups is 1. The summed E-state index contributed by atoms with van der Waals surface area (Å²) in [5, 5.41) is 13.5. The summed E-state index contributed by atoms with van der Waals surface area (Å²) in [5.41, 5.74) is -1.15. The maximum Gasteiger partial charge on any atom is 0.407 e. The fraction of sp³-hybridized carbons (Fsp3) is 0.737. The minimum absolute atomic E-state index is 0.154. The average Bonchev–Trinajstić information content (AvgIpc) is 2.92. The topological polar surface area (TPSA) is 61.8 Å². The third-order valence-electron chi connectivity index (χ3n) is 4.82. The zero-order chi connectivity index (χ0) is 17.8. The van der Waals surface area contributed by atoms with E-state index in [1.165, 1.54) is 0 Å². The molecule has 5 nitrogen and oxygen atoms in total. The third kappa shape index (κ3) is 5.64. The largest absolute Gasteiger partial charge is 0.444 e. The van der Waals surface area contributed by atoms with Crippen LogP contribution in [0.25, 0.3) is 0 Å². The molecule has 2 fully saturated rings. The molecule has 0 aromatic carbocycles. The van der Waals surface area contributed by atoms with Crippen molar-refractivity contribution in [2.75, 3.05) is 13.1 Å². The molecule has 24 heavy (non-hydrogen) atoms. The van der Waals surface area contributed by atoms with Crippen LogP contribution in [-0.2, 0) is 4.74 Å². The van der Waals surface area contributed by atoms with Crippen LogP contribution in [0, 0.1) is 0 Å². The molecule has 2 rings (SSSR count). The first-order chi connectivity index (χ1) is 11.2. The van der Waals surface area contributed by atoms with Crippen molar-refractivity contribution in [2.24, 2.45) is 0 Å². The van der Waals surface area contributed by atoms with Gasteiger partial charge in [0.15, 0.2) is 0 Å². The molecule has 0 unspecified atom stereocenters. The molecule has 0 spiro atoms. The number of nitrogens with one attached hydrogen (secondary N) is 1. The van der Waals surface area contributed by atoms with E-state index < -0.39 is 11.2 Å². The Morgan fingerprint density at radius 3 is 2.58 bits per heavy atom. The highest BCUT2D eigenvalue weighted by Crippen LogP contribution is 2.33. The molecule has 5 heteroatoms. The molecule has 0 aromatic rings. The van der Waals surface area contributed by atoms with Gasteiger partial charge in [0.1, 0.15) is 5.60 Å². The van der Waals surface area contributed by atoms with Crippen molar-refractivity contribution in [3.05, 3.63) is 24.8 Å². The summed E-state index contributed by atoms with van der Waals surface area (Å²) >= 11 is 0. The van der Waals surface area contributed by atoms with E-state index in [1.807, 2.05) is 32.9 Å². The second-order valence-corrected chi connectivity index (χ2v) is 8.06. The smallest absolute Gasteiger partial charge is 0.407 e. The normalized spacial score (nSPS) is 32.0. The molecule has 1 heterocycles. The number of carbonyl (C=O) groups is 1. The van der Waals surface area contributed by atoms with Gasteiger partial charge in [-0.15, -0.1) is 0 Å². The van der Waals surface area contributed by atoms with Crippen LogP contribution in [0.3, 0.4) is 0 Å². The number of amides is 1. The van der Waals surface area contributed by atoms with Crippen LogP contribution in [0.15, 0.2) is 24.8 Å². The molecule has 136 valence electrons. The number of likely N-dealkylation sites (tertiary alicyclic amines) is 1. The van der Waals surface area contributed by atoms with Crippen molar-refractivity contribution in [3.8, 4) is 0 Å². The maximum absolute atomic E-state index is 11.9.